The number of aromatic nitrogens is 2. The molecule has 6 rings (SSSR count). The molecule has 1 saturated heterocycles. The minimum Gasteiger partial charge on any atom is -0.449 e. The van der Waals surface area contributed by atoms with Crippen LogP contribution in [0.2, 0.25) is 0 Å². The summed E-state index contributed by atoms with van der Waals surface area (Å²) in [5.74, 6) is 0.502. The molecule has 1 N–H and O–H groups in total. The largest absolute Gasteiger partial charge is 0.449 e. The van der Waals surface area contributed by atoms with Crippen molar-refractivity contribution < 1.29 is 18.8 Å². The number of ether oxygens (including phenoxy) is 1. The first-order valence-electron chi connectivity index (χ1n) is 13.1. The van der Waals surface area contributed by atoms with Gasteiger partial charge in [-0.2, -0.15) is 0 Å². The summed E-state index contributed by atoms with van der Waals surface area (Å²) in [6.45, 7) is 6.96. The number of amides is 2. The van der Waals surface area contributed by atoms with Gasteiger partial charge in [0.25, 0.3) is 5.91 Å². The number of nitrogens with one attached hydrogen (secondary N) is 1. The highest BCUT2D eigenvalue weighted by atomic mass is 16.6. The SMILES string of the molecule is CNC(=O)c1cc(-c2c(C)noc2C)cc2c1c1cc(N3CCCOC3=O)ccc1n2C(C)c1ccccc1. The fraction of sp³-hybridized carbons (Fsp3) is 0.258. The molecule has 2 aromatic heterocycles. The molecule has 0 spiro atoms. The second-order valence-electron chi connectivity index (χ2n) is 9.97. The summed E-state index contributed by atoms with van der Waals surface area (Å²) in [7, 11) is 1.64. The van der Waals surface area contributed by atoms with E-state index in [0.717, 1.165) is 56.3 Å². The van der Waals surface area contributed by atoms with E-state index in [1.807, 2.05) is 56.3 Å². The van der Waals surface area contributed by atoms with Crippen molar-refractivity contribution in [3.63, 3.8) is 0 Å². The summed E-state index contributed by atoms with van der Waals surface area (Å²) in [5, 5.41) is 8.70. The number of fused-ring (bicyclic) bond motifs is 3. The number of benzene rings is 3. The lowest BCUT2D eigenvalue weighted by Gasteiger charge is -2.26. The van der Waals surface area contributed by atoms with Crippen molar-refractivity contribution in [1.29, 1.82) is 0 Å². The van der Waals surface area contributed by atoms with Crippen molar-refractivity contribution in [1.82, 2.24) is 15.0 Å². The number of carbonyl (C=O) groups excluding carboxylic acids is 2. The maximum absolute atomic E-state index is 13.4. The van der Waals surface area contributed by atoms with Gasteiger partial charge in [-0.1, -0.05) is 35.5 Å². The number of hydrogen-bond donors (Lipinski definition) is 1. The molecule has 3 heterocycles. The van der Waals surface area contributed by atoms with Gasteiger partial charge in [-0.25, -0.2) is 4.79 Å². The molecule has 1 unspecified atom stereocenters. The van der Waals surface area contributed by atoms with Gasteiger partial charge in [0.05, 0.1) is 23.9 Å². The van der Waals surface area contributed by atoms with E-state index >= 15 is 0 Å². The Balaban J connectivity index is 1.71. The number of nitrogens with zero attached hydrogens (tertiary/aromatic N) is 3. The van der Waals surface area contributed by atoms with Gasteiger partial charge in [-0.3, -0.25) is 9.69 Å². The van der Waals surface area contributed by atoms with Gasteiger partial charge in [0.15, 0.2) is 0 Å². The molecule has 39 heavy (non-hydrogen) atoms. The highest BCUT2D eigenvalue weighted by Gasteiger charge is 2.26. The Morgan fingerprint density at radius 1 is 1.05 bits per heavy atom. The molecule has 3 aromatic carbocycles. The zero-order chi connectivity index (χ0) is 27.3. The predicted octanol–water partition coefficient (Wildman–Crippen LogP) is 6.38. The third-order valence-electron chi connectivity index (χ3n) is 7.63. The first-order valence-corrected chi connectivity index (χ1v) is 13.1. The number of aryl methyl sites for hydroxylation is 2. The van der Waals surface area contributed by atoms with E-state index in [2.05, 4.69) is 40.2 Å². The monoisotopic (exact) mass is 522 g/mol. The summed E-state index contributed by atoms with van der Waals surface area (Å²) in [6, 6.07) is 20.3. The molecule has 5 aromatic rings. The normalized spacial score (nSPS) is 14.6. The summed E-state index contributed by atoms with van der Waals surface area (Å²) in [4.78, 5) is 27.6. The Kier molecular flexibility index (Phi) is 6.10. The van der Waals surface area contributed by atoms with E-state index in [-0.39, 0.29) is 18.0 Å². The fourth-order valence-electron chi connectivity index (χ4n) is 5.77. The van der Waals surface area contributed by atoms with Crippen LogP contribution in [0.15, 0.2) is 65.2 Å². The standard InChI is InChI=1S/C31H30N4O4/c1-18-28(20(3)39-33-18)22-15-25(30(36)32-4)29-24-17-23(34-13-8-14-38-31(34)37)11-12-26(24)35(27(29)16-22)19(2)21-9-6-5-7-10-21/h5-7,9-12,15-17,19H,8,13-14H2,1-4H3,(H,32,36). The van der Waals surface area contributed by atoms with Gasteiger partial charge >= 0.3 is 6.09 Å². The molecule has 1 atom stereocenters. The van der Waals surface area contributed by atoms with Crippen molar-refractivity contribution >= 4 is 39.5 Å². The van der Waals surface area contributed by atoms with Crippen LogP contribution in [0.25, 0.3) is 32.9 Å². The lowest BCUT2D eigenvalue weighted by molar-refractivity contribution is 0.0964. The Morgan fingerprint density at radius 2 is 1.85 bits per heavy atom. The molecule has 8 heteroatoms. The van der Waals surface area contributed by atoms with Gasteiger partial charge in [-0.05, 0) is 68.7 Å². The van der Waals surface area contributed by atoms with Gasteiger partial charge < -0.3 is 19.1 Å². The number of carbonyl (C=O) groups is 2. The van der Waals surface area contributed by atoms with Gasteiger partial charge in [-0.15, -0.1) is 0 Å². The number of anilines is 1. The van der Waals surface area contributed by atoms with Crippen molar-refractivity contribution in [3.8, 4) is 11.1 Å². The maximum atomic E-state index is 13.4. The maximum Gasteiger partial charge on any atom is 0.414 e. The Hall–Kier alpha value is -4.59. The smallest absolute Gasteiger partial charge is 0.414 e. The first kappa shape index (κ1) is 24.7. The molecule has 1 aliphatic heterocycles. The predicted molar refractivity (Wildman–Crippen MR) is 151 cm³/mol. The van der Waals surface area contributed by atoms with Crippen LogP contribution < -0.4 is 10.2 Å². The van der Waals surface area contributed by atoms with Crippen molar-refractivity contribution in [3.05, 3.63) is 83.2 Å². The van der Waals surface area contributed by atoms with Crippen LogP contribution in [0.4, 0.5) is 10.5 Å². The van der Waals surface area contributed by atoms with E-state index in [1.165, 1.54) is 0 Å². The van der Waals surface area contributed by atoms with Gasteiger partial charge in [0.2, 0.25) is 0 Å². The van der Waals surface area contributed by atoms with Crippen molar-refractivity contribution in [2.45, 2.75) is 33.2 Å². The lowest BCUT2D eigenvalue weighted by Crippen LogP contribution is -2.37. The third kappa shape index (κ3) is 4.03. The van der Waals surface area contributed by atoms with E-state index in [9.17, 15) is 9.59 Å². The zero-order valence-corrected chi connectivity index (χ0v) is 22.4. The van der Waals surface area contributed by atoms with Gasteiger partial charge in [0, 0.05) is 46.7 Å². The molecule has 0 saturated carbocycles. The second-order valence-corrected chi connectivity index (χ2v) is 9.97. The molecule has 1 fully saturated rings. The van der Waals surface area contributed by atoms with Crippen LogP contribution in [0.1, 0.15) is 46.8 Å². The van der Waals surface area contributed by atoms with E-state index in [0.29, 0.717) is 24.5 Å². The summed E-state index contributed by atoms with van der Waals surface area (Å²) in [5.41, 5.74) is 6.82. The quantitative estimate of drug-likeness (QED) is 0.289. The molecule has 198 valence electrons. The molecular formula is C31H30N4O4. The molecule has 0 bridgehead atoms. The Bertz CT molecular complexity index is 1710. The van der Waals surface area contributed by atoms with Crippen LogP contribution in [0.3, 0.4) is 0 Å². The van der Waals surface area contributed by atoms with E-state index < -0.39 is 0 Å². The number of hydrogen-bond acceptors (Lipinski definition) is 5. The van der Waals surface area contributed by atoms with Crippen LogP contribution in [-0.2, 0) is 4.74 Å². The molecule has 1 aliphatic rings. The van der Waals surface area contributed by atoms with Crippen LogP contribution >= 0.6 is 0 Å². The van der Waals surface area contributed by atoms with Crippen LogP contribution in [0, 0.1) is 13.8 Å². The topological polar surface area (TPSA) is 89.6 Å². The fourth-order valence-corrected chi connectivity index (χ4v) is 5.77. The number of cyclic esters (lactones) is 1. The molecular weight excluding hydrogens is 492 g/mol. The summed E-state index contributed by atoms with van der Waals surface area (Å²) in [6.07, 6.45) is 0.412. The van der Waals surface area contributed by atoms with Crippen LogP contribution in [-0.4, -0.2) is 41.9 Å². The lowest BCUT2D eigenvalue weighted by atomic mass is 9.97. The minimum atomic E-state index is -0.353. The molecule has 8 nitrogen and oxygen atoms in total. The highest BCUT2D eigenvalue weighted by Crippen LogP contribution is 2.41. The average molecular weight is 523 g/mol. The van der Waals surface area contributed by atoms with Gasteiger partial charge in [0.1, 0.15) is 5.76 Å². The summed E-state index contributed by atoms with van der Waals surface area (Å²) < 4.78 is 13.1. The first-order chi connectivity index (χ1) is 18.9. The van der Waals surface area contributed by atoms with E-state index in [4.69, 9.17) is 9.26 Å². The molecule has 0 aliphatic carbocycles. The second kappa shape index (κ2) is 9.62. The minimum absolute atomic E-state index is 0.0329. The Morgan fingerprint density at radius 3 is 2.54 bits per heavy atom. The molecule has 0 radical (unpaired) electrons. The third-order valence-corrected chi connectivity index (χ3v) is 7.63. The highest BCUT2D eigenvalue weighted by molar-refractivity contribution is 6.20. The number of rotatable bonds is 5. The Labute approximate surface area is 226 Å². The average Bonchev–Trinajstić information content (AvgIpc) is 3.47. The van der Waals surface area contributed by atoms with Crippen molar-refractivity contribution in [2.75, 3.05) is 25.1 Å². The summed E-state index contributed by atoms with van der Waals surface area (Å²) >= 11 is 0. The van der Waals surface area contributed by atoms with Crippen molar-refractivity contribution in [2.24, 2.45) is 0 Å². The molecule has 2 amide bonds. The van der Waals surface area contributed by atoms with Crippen LogP contribution in [0.5, 0.6) is 0 Å². The van der Waals surface area contributed by atoms with E-state index in [1.54, 1.807) is 11.9 Å². The zero-order valence-electron chi connectivity index (χ0n) is 22.4.